The molecule has 1 aromatic rings. The fourth-order valence-corrected chi connectivity index (χ4v) is 3.14. The van der Waals surface area contributed by atoms with Crippen LogP contribution in [0.4, 0.5) is 0 Å². The molecule has 1 saturated carbocycles. The van der Waals surface area contributed by atoms with Crippen LogP contribution in [0.1, 0.15) is 52.0 Å². The predicted molar refractivity (Wildman–Crippen MR) is 85.3 cm³/mol. The van der Waals surface area contributed by atoms with Crippen molar-refractivity contribution < 1.29 is 4.74 Å². The maximum atomic E-state index is 9.57. The summed E-state index contributed by atoms with van der Waals surface area (Å²) in [7, 11) is 0. The molecule has 3 heteroatoms. The summed E-state index contributed by atoms with van der Waals surface area (Å²) in [5, 5.41) is 13.0. The molecular formula is C18H26N2O. The average molecular weight is 286 g/mol. The highest BCUT2D eigenvalue weighted by molar-refractivity contribution is 5.27. The van der Waals surface area contributed by atoms with Gasteiger partial charge in [-0.1, -0.05) is 19.1 Å². The summed E-state index contributed by atoms with van der Waals surface area (Å²) in [6.07, 6.45) is 4.90. The molecule has 0 radical (unpaired) electrons. The largest absolute Gasteiger partial charge is 0.490 e. The van der Waals surface area contributed by atoms with E-state index in [1.807, 2.05) is 12.1 Å². The summed E-state index contributed by atoms with van der Waals surface area (Å²) in [5.41, 5.74) is 0.888. The minimum atomic E-state index is -0.430. The fourth-order valence-electron chi connectivity index (χ4n) is 3.14. The van der Waals surface area contributed by atoms with Crippen molar-refractivity contribution in [3.8, 4) is 11.8 Å². The molecule has 1 fully saturated rings. The molecule has 114 valence electrons. The molecule has 2 rings (SSSR count). The highest BCUT2D eigenvalue weighted by atomic mass is 16.5. The van der Waals surface area contributed by atoms with Crippen LogP contribution in [0.3, 0.4) is 0 Å². The van der Waals surface area contributed by atoms with E-state index in [0.29, 0.717) is 6.04 Å². The van der Waals surface area contributed by atoms with Gasteiger partial charge in [-0.05, 0) is 57.2 Å². The van der Waals surface area contributed by atoms with Crippen LogP contribution in [0.2, 0.25) is 0 Å². The summed E-state index contributed by atoms with van der Waals surface area (Å²) in [5.74, 6) is 0.912. The number of hydrogen-bond acceptors (Lipinski definition) is 3. The minimum absolute atomic E-state index is 0.122. The monoisotopic (exact) mass is 286 g/mol. The van der Waals surface area contributed by atoms with Gasteiger partial charge in [0.2, 0.25) is 0 Å². The molecule has 2 atom stereocenters. The van der Waals surface area contributed by atoms with Gasteiger partial charge in [-0.15, -0.1) is 0 Å². The molecule has 21 heavy (non-hydrogen) atoms. The first-order valence-corrected chi connectivity index (χ1v) is 8.01. The van der Waals surface area contributed by atoms with Crippen LogP contribution >= 0.6 is 0 Å². The molecule has 0 amide bonds. The number of rotatable bonds is 5. The van der Waals surface area contributed by atoms with Crippen molar-refractivity contribution in [3.63, 3.8) is 0 Å². The Morgan fingerprint density at radius 2 is 2.10 bits per heavy atom. The number of nitrogens with zero attached hydrogens (tertiary/aromatic N) is 1. The zero-order valence-electron chi connectivity index (χ0n) is 13.4. The molecule has 1 aliphatic rings. The van der Waals surface area contributed by atoms with E-state index in [2.05, 4.69) is 44.3 Å². The van der Waals surface area contributed by atoms with Crippen LogP contribution in [-0.4, -0.2) is 17.7 Å². The van der Waals surface area contributed by atoms with Gasteiger partial charge in [-0.3, -0.25) is 5.32 Å². The summed E-state index contributed by atoms with van der Waals surface area (Å²) >= 11 is 0. The van der Waals surface area contributed by atoms with Gasteiger partial charge < -0.3 is 4.74 Å². The summed E-state index contributed by atoms with van der Waals surface area (Å²) < 4.78 is 6.10. The first-order chi connectivity index (χ1) is 10.1. The lowest BCUT2D eigenvalue weighted by atomic mass is 9.80. The second-order valence-electron chi connectivity index (χ2n) is 6.33. The predicted octanol–water partition coefficient (Wildman–Crippen LogP) is 3.83. The van der Waals surface area contributed by atoms with Crippen LogP contribution in [-0.2, 0) is 6.42 Å². The summed E-state index contributed by atoms with van der Waals surface area (Å²) in [6, 6.07) is 11.1. The van der Waals surface area contributed by atoms with Gasteiger partial charge in [0.15, 0.2) is 0 Å². The highest BCUT2D eigenvalue weighted by Crippen LogP contribution is 2.31. The number of benzene rings is 1. The fraction of sp³-hybridized carbons (Fsp3) is 0.611. The maximum Gasteiger partial charge on any atom is 0.119 e. The molecule has 0 aliphatic heterocycles. The van der Waals surface area contributed by atoms with Gasteiger partial charge in [0.1, 0.15) is 17.4 Å². The Morgan fingerprint density at radius 1 is 1.38 bits per heavy atom. The van der Waals surface area contributed by atoms with Gasteiger partial charge >= 0.3 is 0 Å². The van der Waals surface area contributed by atoms with Crippen LogP contribution in [0.25, 0.3) is 0 Å². The lowest BCUT2D eigenvalue weighted by Gasteiger charge is -2.37. The Kier molecular flexibility index (Phi) is 5.25. The molecule has 1 aliphatic carbocycles. The second kappa shape index (κ2) is 6.95. The maximum absolute atomic E-state index is 9.57. The normalized spacial score (nSPS) is 25.6. The third kappa shape index (κ3) is 4.22. The Hall–Kier alpha value is -1.53. The van der Waals surface area contributed by atoms with Crippen LogP contribution in [0.15, 0.2) is 24.3 Å². The number of nitrogens with one attached hydrogen (secondary N) is 1. The molecule has 0 bridgehead atoms. The molecule has 0 saturated heterocycles. The van der Waals surface area contributed by atoms with Gasteiger partial charge in [0, 0.05) is 12.5 Å². The molecule has 2 unspecified atom stereocenters. The van der Waals surface area contributed by atoms with Crippen LogP contribution in [0, 0.1) is 11.3 Å². The molecule has 3 nitrogen and oxygen atoms in total. The van der Waals surface area contributed by atoms with E-state index in [4.69, 9.17) is 4.74 Å². The topological polar surface area (TPSA) is 45.0 Å². The van der Waals surface area contributed by atoms with Crippen molar-refractivity contribution in [1.82, 2.24) is 5.32 Å². The third-order valence-electron chi connectivity index (χ3n) is 4.12. The Balaban J connectivity index is 2.01. The van der Waals surface area contributed by atoms with Crippen molar-refractivity contribution in [2.24, 2.45) is 0 Å². The zero-order chi connectivity index (χ0) is 15.3. The van der Waals surface area contributed by atoms with Crippen molar-refractivity contribution in [2.75, 3.05) is 0 Å². The van der Waals surface area contributed by atoms with E-state index in [1.54, 1.807) is 0 Å². The van der Waals surface area contributed by atoms with Crippen molar-refractivity contribution >= 4 is 0 Å². The van der Waals surface area contributed by atoms with E-state index in [9.17, 15) is 5.26 Å². The Labute approximate surface area is 128 Å². The van der Waals surface area contributed by atoms with Gasteiger partial charge in [-0.25, -0.2) is 0 Å². The van der Waals surface area contributed by atoms with Crippen molar-refractivity contribution in [2.45, 2.75) is 70.6 Å². The highest BCUT2D eigenvalue weighted by Gasteiger charge is 2.37. The number of nitriles is 1. The SMILES string of the molecule is CCc1ccc(OC2CCCC(C#N)(NC(C)C)C2)cc1. The van der Waals surface area contributed by atoms with Gasteiger partial charge in [0.05, 0.1) is 6.07 Å². The van der Waals surface area contributed by atoms with Crippen LogP contribution in [0.5, 0.6) is 5.75 Å². The third-order valence-corrected chi connectivity index (χ3v) is 4.12. The van der Waals surface area contributed by atoms with Gasteiger partial charge in [0.25, 0.3) is 0 Å². The average Bonchev–Trinajstić information content (AvgIpc) is 2.47. The van der Waals surface area contributed by atoms with Crippen LogP contribution < -0.4 is 10.1 Å². The van der Waals surface area contributed by atoms with E-state index in [-0.39, 0.29) is 6.10 Å². The second-order valence-corrected chi connectivity index (χ2v) is 6.33. The molecular weight excluding hydrogens is 260 g/mol. The zero-order valence-corrected chi connectivity index (χ0v) is 13.4. The first-order valence-electron chi connectivity index (χ1n) is 8.01. The molecule has 0 heterocycles. The summed E-state index contributed by atoms with van der Waals surface area (Å²) in [4.78, 5) is 0. The molecule has 0 spiro atoms. The smallest absolute Gasteiger partial charge is 0.119 e. The molecule has 0 aromatic heterocycles. The van der Waals surface area contributed by atoms with Gasteiger partial charge in [-0.2, -0.15) is 5.26 Å². The standard InChI is InChI=1S/C18H26N2O/c1-4-15-7-9-16(10-8-15)21-17-6-5-11-18(12-17,13-19)20-14(2)3/h7-10,14,17,20H,4-6,11-12H2,1-3H3. The quantitative estimate of drug-likeness (QED) is 0.894. The summed E-state index contributed by atoms with van der Waals surface area (Å²) in [6.45, 7) is 6.33. The Morgan fingerprint density at radius 3 is 2.67 bits per heavy atom. The molecule has 1 N–H and O–H groups in total. The number of hydrogen-bond donors (Lipinski definition) is 1. The van der Waals surface area contributed by atoms with Crippen molar-refractivity contribution in [1.29, 1.82) is 5.26 Å². The van der Waals surface area contributed by atoms with E-state index in [0.717, 1.165) is 37.9 Å². The molecule has 1 aromatic carbocycles. The minimum Gasteiger partial charge on any atom is -0.490 e. The first kappa shape index (κ1) is 15.9. The van der Waals surface area contributed by atoms with E-state index in [1.165, 1.54) is 5.56 Å². The lowest BCUT2D eigenvalue weighted by Crippen LogP contribution is -2.52. The number of aryl methyl sites for hydroxylation is 1. The Bertz CT molecular complexity index is 489. The van der Waals surface area contributed by atoms with E-state index < -0.39 is 5.54 Å². The van der Waals surface area contributed by atoms with E-state index >= 15 is 0 Å². The lowest BCUT2D eigenvalue weighted by molar-refractivity contribution is 0.109. The van der Waals surface area contributed by atoms with Crippen molar-refractivity contribution in [3.05, 3.63) is 29.8 Å². The number of ether oxygens (including phenoxy) is 1.